The Morgan fingerprint density at radius 2 is 1.75 bits per heavy atom. The highest BCUT2D eigenvalue weighted by molar-refractivity contribution is 7.90. The largest absolute Gasteiger partial charge is 0.311 e. The lowest BCUT2D eigenvalue weighted by Gasteiger charge is -2.25. The first kappa shape index (κ1) is 17.1. The minimum atomic E-state index is -2.99. The van der Waals surface area contributed by atoms with Gasteiger partial charge in [-0.25, -0.2) is 12.8 Å². The number of rotatable bonds is 6. The van der Waals surface area contributed by atoms with Gasteiger partial charge in [-0.3, -0.25) is 0 Å². The van der Waals surface area contributed by atoms with Gasteiger partial charge in [-0.15, -0.1) is 0 Å². The van der Waals surface area contributed by atoms with Gasteiger partial charge in [-0.2, -0.15) is 0 Å². The van der Waals surface area contributed by atoms with Crippen LogP contribution in [0.1, 0.15) is 38.7 Å². The van der Waals surface area contributed by atoms with Crippen LogP contribution >= 0.6 is 0 Å². The van der Waals surface area contributed by atoms with Crippen LogP contribution in [0.25, 0.3) is 0 Å². The maximum Gasteiger partial charge on any atom is 0.147 e. The molecule has 0 aliphatic heterocycles. The van der Waals surface area contributed by atoms with Crippen molar-refractivity contribution in [1.29, 1.82) is 0 Å². The van der Waals surface area contributed by atoms with E-state index in [9.17, 15) is 12.8 Å². The molecule has 1 aromatic carbocycles. The van der Waals surface area contributed by atoms with Gasteiger partial charge in [0.25, 0.3) is 0 Å². The Balaban J connectivity index is 2.80. The molecule has 0 aliphatic rings. The monoisotopic (exact) mass is 301 g/mol. The van der Waals surface area contributed by atoms with E-state index < -0.39 is 9.84 Å². The fraction of sp³-hybridized carbons (Fsp3) is 0.600. The van der Waals surface area contributed by atoms with Crippen LogP contribution in [0.3, 0.4) is 0 Å². The van der Waals surface area contributed by atoms with Crippen molar-refractivity contribution in [2.24, 2.45) is 0 Å². The smallest absolute Gasteiger partial charge is 0.147 e. The van der Waals surface area contributed by atoms with E-state index in [4.69, 9.17) is 0 Å². The number of benzene rings is 1. The molecule has 1 unspecified atom stereocenters. The van der Waals surface area contributed by atoms with Crippen molar-refractivity contribution in [3.63, 3.8) is 0 Å². The first-order chi connectivity index (χ1) is 9.07. The van der Waals surface area contributed by atoms with Crippen LogP contribution in [0.4, 0.5) is 4.39 Å². The lowest BCUT2D eigenvalue weighted by atomic mass is 9.95. The van der Waals surface area contributed by atoms with Gasteiger partial charge in [0.2, 0.25) is 0 Å². The highest BCUT2D eigenvalue weighted by Crippen LogP contribution is 2.21. The van der Waals surface area contributed by atoms with Crippen LogP contribution in [0.2, 0.25) is 0 Å². The Morgan fingerprint density at radius 1 is 1.20 bits per heavy atom. The summed E-state index contributed by atoms with van der Waals surface area (Å²) in [6, 6.07) is 6.29. The summed E-state index contributed by atoms with van der Waals surface area (Å²) in [5.74, 6) is -0.0788. The van der Waals surface area contributed by atoms with E-state index in [-0.39, 0.29) is 23.0 Å². The Bertz CT molecular complexity index is 518. The summed E-state index contributed by atoms with van der Waals surface area (Å²) in [4.78, 5) is 0. The van der Waals surface area contributed by atoms with E-state index in [2.05, 4.69) is 26.1 Å². The van der Waals surface area contributed by atoms with E-state index in [1.807, 2.05) is 0 Å². The number of halogens is 1. The second kappa shape index (κ2) is 6.68. The predicted octanol–water partition coefficient (Wildman–Crippen LogP) is 2.73. The minimum absolute atomic E-state index is 0.0383. The van der Waals surface area contributed by atoms with Gasteiger partial charge in [0, 0.05) is 18.3 Å². The molecule has 0 saturated carbocycles. The molecule has 1 N–H and O–H groups in total. The van der Waals surface area contributed by atoms with Crippen LogP contribution in [-0.4, -0.2) is 32.5 Å². The van der Waals surface area contributed by atoms with Crippen molar-refractivity contribution in [2.75, 3.05) is 18.6 Å². The van der Waals surface area contributed by atoms with Gasteiger partial charge in [0.1, 0.15) is 15.7 Å². The number of sulfone groups is 1. The third-order valence-corrected chi connectivity index (χ3v) is 4.03. The maximum absolute atomic E-state index is 13.0. The summed E-state index contributed by atoms with van der Waals surface area (Å²) in [5.41, 5.74) is 0.926. The zero-order valence-corrected chi connectivity index (χ0v) is 13.4. The topological polar surface area (TPSA) is 46.2 Å². The molecule has 0 aromatic heterocycles. The molecule has 0 aliphatic carbocycles. The summed E-state index contributed by atoms with van der Waals surface area (Å²) in [6.07, 6.45) is 1.78. The average Bonchev–Trinajstić information content (AvgIpc) is 2.28. The number of hydrogen-bond donors (Lipinski definition) is 1. The average molecular weight is 301 g/mol. The van der Waals surface area contributed by atoms with Crippen LogP contribution in [0.5, 0.6) is 0 Å². The fourth-order valence-corrected chi connectivity index (χ4v) is 2.62. The molecule has 0 saturated heterocycles. The van der Waals surface area contributed by atoms with E-state index in [0.29, 0.717) is 13.0 Å². The van der Waals surface area contributed by atoms with Gasteiger partial charge in [0.05, 0.1) is 5.75 Å². The maximum atomic E-state index is 13.0. The normalized spacial score (nSPS) is 14.2. The molecule has 0 heterocycles. The molecule has 0 amide bonds. The SMILES string of the molecule is CC(C)(C)NCC(CCS(C)(=O)=O)c1ccc(F)cc1. The van der Waals surface area contributed by atoms with Gasteiger partial charge in [-0.05, 0) is 50.8 Å². The minimum Gasteiger partial charge on any atom is -0.311 e. The van der Waals surface area contributed by atoms with E-state index in [1.54, 1.807) is 12.1 Å². The molecule has 0 spiro atoms. The van der Waals surface area contributed by atoms with Gasteiger partial charge in [0.15, 0.2) is 0 Å². The van der Waals surface area contributed by atoms with Gasteiger partial charge in [-0.1, -0.05) is 12.1 Å². The lowest BCUT2D eigenvalue weighted by Crippen LogP contribution is -2.38. The summed E-state index contributed by atoms with van der Waals surface area (Å²) in [6.45, 7) is 6.85. The second-order valence-electron chi connectivity index (χ2n) is 6.30. The van der Waals surface area contributed by atoms with Crippen LogP contribution in [-0.2, 0) is 9.84 Å². The molecular formula is C15H24FNO2S. The first-order valence-corrected chi connectivity index (χ1v) is 8.81. The second-order valence-corrected chi connectivity index (χ2v) is 8.56. The molecule has 1 aromatic rings. The predicted molar refractivity (Wildman–Crippen MR) is 81.2 cm³/mol. The van der Waals surface area contributed by atoms with E-state index in [0.717, 1.165) is 5.56 Å². The van der Waals surface area contributed by atoms with Crippen molar-refractivity contribution in [3.05, 3.63) is 35.6 Å². The standard InChI is InChI=1S/C15H24FNO2S/c1-15(2,3)17-11-13(9-10-20(4,18)19)12-5-7-14(16)8-6-12/h5-8,13,17H,9-11H2,1-4H3. The number of hydrogen-bond acceptors (Lipinski definition) is 3. The summed E-state index contributed by atoms with van der Waals surface area (Å²) < 4.78 is 35.7. The zero-order valence-electron chi connectivity index (χ0n) is 12.6. The molecule has 1 atom stereocenters. The number of nitrogens with one attached hydrogen (secondary N) is 1. The zero-order chi connectivity index (χ0) is 15.4. The van der Waals surface area contributed by atoms with Crippen molar-refractivity contribution in [2.45, 2.75) is 38.6 Å². The molecule has 0 fully saturated rings. The van der Waals surface area contributed by atoms with Crippen LogP contribution < -0.4 is 5.32 Å². The molecule has 0 radical (unpaired) electrons. The molecule has 0 bridgehead atoms. The summed E-state index contributed by atoms with van der Waals surface area (Å²) in [7, 11) is -2.99. The van der Waals surface area contributed by atoms with Crippen LogP contribution in [0.15, 0.2) is 24.3 Å². The Hall–Kier alpha value is -0.940. The quantitative estimate of drug-likeness (QED) is 0.879. The third-order valence-electron chi connectivity index (χ3n) is 3.06. The van der Waals surface area contributed by atoms with E-state index in [1.165, 1.54) is 18.4 Å². The molecule has 5 heteroatoms. The van der Waals surface area contributed by atoms with Crippen LogP contribution in [0, 0.1) is 5.82 Å². The molecule has 3 nitrogen and oxygen atoms in total. The van der Waals surface area contributed by atoms with Gasteiger partial charge < -0.3 is 5.32 Å². The summed E-state index contributed by atoms with van der Waals surface area (Å²) in [5, 5.41) is 3.38. The van der Waals surface area contributed by atoms with Crippen molar-refractivity contribution in [1.82, 2.24) is 5.32 Å². The fourth-order valence-electron chi connectivity index (χ4n) is 1.91. The van der Waals surface area contributed by atoms with Crippen molar-refractivity contribution < 1.29 is 12.8 Å². The van der Waals surface area contributed by atoms with Gasteiger partial charge >= 0.3 is 0 Å². The highest BCUT2D eigenvalue weighted by atomic mass is 32.2. The first-order valence-electron chi connectivity index (χ1n) is 6.75. The molecule has 20 heavy (non-hydrogen) atoms. The Labute approximate surface area is 121 Å². The Morgan fingerprint density at radius 3 is 2.20 bits per heavy atom. The summed E-state index contributed by atoms with van der Waals surface area (Å²) >= 11 is 0. The lowest BCUT2D eigenvalue weighted by molar-refractivity contribution is 0.402. The Kier molecular flexibility index (Phi) is 5.71. The molecule has 1 rings (SSSR count). The van der Waals surface area contributed by atoms with Crippen molar-refractivity contribution >= 4 is 9.84 Å². The highest BCUT2D eigenvalue weighted by Gasteiger charge is 2.18. The third kappa shape index (κ3) is 7.01. The van der Waals surface area contributed by atoms with E-state index >= 15 is 0 Å². The molecular weight excluding hydrogens is 277 g/mol. The molecule has 114 valence electrons. The van der Waals surface area contributed by atoms with Crippen molar-refractivity contribution in [3.8, 4) is 0 Å².